The molecule has 0 amide bonds. The van der Waals surface area contributed by atoms with Gasteiger partial charge in [-0.25, -0.2) is 17.2 Å². The number of anilines is 1. The van der Waals surface area contributed by atoms with Crippen LogP contribution in [0.2, 0.25) is 5.02 Å². The lowest BCUT2D eigenvalue weighted by atomic mass is 10.1. The van der Waals surface area contributed by atoms with Crippen molar-refractivity contribution in [2.24, 2.45) is 0 Å². The summed E-state index contributed by atoms with van der Waals surface area (Å²) in [6.07, 6.45) is 0. The quantitative estimate of drug-likeness (QED) is 0.505. The summed E-state index contributed by atoms with van der Waals surface area (Å²) in [5.41, 5.74) is 0.910. The highest BCUT2D eigenvalue weighted by atomic mass is 35.5. The standard InChI is InChI=1S/C21H18ClF2NO3S/c1-14(15-4-3-5-18(12-15)28-2)25(17-8-6-16(23)7-9-17)29(26,27)19-10-11-21(24)20(22)13-19/h3-14H,1-2H3. The molecule has 152 valence electrons. The van der Waals surface area contributed by atoms with Crippen LogP contribution >= 0.6 is 11.6 Å². The Morgan fingerprint density at radius 2 is 1.69 bits per heavy atom. The van der Waals surface area contributed by atoms with Gasteiger partial charge in [-0.15, -0.1) is 0 Å². The molecular formula is C21H18ClF2NO3S. The molecule has 29 heavy (non-hydrogen) atoms. The first-order valence-corrected chi connectivity index (χ1v) is 10.4. The van der Waals surface area contributed by atoms with Crippen molar-refractivity contribution in [1.29, 1.82) is 0 Å². The number of rotatable bonds is 6. The van der Waals surface area contributed by atoms with E-state index < -0.39 is 27.7 Å². The van der Waals surface area contributed by atoms with Crippen molar-refractivity contribution >= 4 is 27.3 Å². The molecule has 3 rings (SSSR count). The number of hydrogen-bond donors (Lipinski definition) is 0. The minimum atomic E-state index is -4.15. The van der Waals surface area contributed by atoms with Crippen LogP contribution in [0.4, 0.5) is 14.5 Å². The van der Waals surface area contributed by atoms with Crippen LogP contribution in [0.15, 0.2) is 71.6 Å². The number of hydrogen-bond acceptors (Lipinski definition) is 3. The second-order valence-corrected chi connectivity index (χ2v) is 8.53. The normalized spacial score (nSPS) is 12.4. The van der Waals surface area contributed by atoms with E-state index in [0.29, 0.717) is 11.3 Å². The van der Waals surface area contributed by atoms with E-state index in [1.807, 2.05) is 0 Å². The summed E-state index contributed by atoms with van der Waals surface area (Å²) in [6, 6.07) is 14.6. The molecule has 4 nitrogen and oxygen atoms in total. The molecule has 0 aromatic heterocycles. The molecule has 0 aliphatic heterocycles. The van der Waals surface area contributed by atoms with Gasteiger partial charge >= 0.3 is 0 Å². The van der Waals surface area contributed by atoms with E-state index in [9.17, 15) is 17.2 Å². The fourth-order valence-corrected chi connectivity index (χ4v) is 4.86. The van der Waals surface area contributed by atoms with E-state index in [1.54, 1.807) is 31.2 Å². The van der Waals surface area contributed by atoms with Crippen molar-refractivity contribution < 1.29 is 21.9 Å². The van der Waals surface area contributed by atoms with E-state index in [4.69, 9.17) is 16.3 Å². The molecule has 3 aromatic rings. The molecule has 0 radical (unpaired) electrons. The van der Waals surface area contributed by atoms with Crippen LogP contribution in [0.3, 0.4) is 0 Å². The third kappa shape index (κ3) is 4.36. The first-order chi connectivity index (χ1) is 13.7. The van der Waals surface area contributed by atoms with Crippen LogP contribution in [0, 0.1) is 11.6 Å². The SMILES string of the molecule is COc1cccc(C(C)N(c2ccc(F)cc2)S(=O)(=O)c2ccc(F)c(Cl)c2)c1. The molecule has 8 heteroatoms. The maximum atomic E-state index is 13.6. The molecule has 0 spiro atoms. The fourth-order valence-electron chi connectivity index (χ4n) is 2.95. The molecule has 0 fully saturated rings. The monoisotopic (exact) mass is 437 g/mol. The Kier molecular flexibility index (Phi) is 6.10. The lowest BCUT2D eigenvalue weighted by Crippen LogP contribution is -2.33. The van der Waals surface area contributed by atoms with Gasteiger partial charge in [-0.2, -0.15) is 0 Å². The number of benzene rings is 3. The number of methoxy groups -OCH3 is 1. The van der Waals surface area contributed by atoms with E-state index in [1.165, 1.54) is 31.4 Å². The topological polar surface area (TPSA) is 46.6 Å². The molecule has 0 saturated heterocycles. The van der Waals surface area contributed by atoms with Crippen LogP contribution in [0.1, 0.15) is 18.5 Å². The molecule has 1 atom stereocenters. The van der Waals surface area contributed by atoms with Crippen LogP contribution in [-0.2, 0) is 10.0 Å². The summed E-state index contributed by atoms with van der Waals surface area (Å²) < 4.78 is 60.3. The van der Waals surface area contributed by atoms with Crippen LogP contribution < -0.4 is 9.04 Å². The average molecular weight is 438 g/mol. The third-order valence-corrected chi connectivity index (χ3v) is 6.64. The molecule has 0 aliphatic carbocycles. The summed E-state index contributed by atoms with van der Waals surface area (Å²) in [7, 11) is -2.64. The van der Waals surface area contributed by atoms with Crippen molar-refractivity contribution in [3.63, 3.8) is 0 Å². The summed E-state index contributed by atoms with van der Waals surface area (Å²) >= 11 is 5.80. The zero-order valence-corrected chi connectivity index (χ0v) is 17.2. The highest BCUT2D eigenvalue weighted by molar-refractivity contribution is 7.92. The molecule has 0 bridgehead atoms. The van der Waals surface area contributed by atoms with Crippen LogP contribution in [0.25, 0.3) is 0 Å². The minimum absolute atomic E-state index is 0.178. The predicted octanol–water partition coefficient (Wildman–Crippen LogP) is 5.58. The summed E-state index contributed by atoms with van der Waals surface area (Å²) in [5, 5.41) is -0.306. The maximum Gasteiger partial charge on any atom is 0.264 e. The van der Waals surface area contributed by atoms with Crippen LogP contribution in [0.5, 0.6) is 5.75 Å². The Bertz CT molecular complexity index is 1120. The molecule has 0 aliphatic rings. The smallest absolute Gasteiger partial charge is 0.264 e. The van der Waals surface area contributed by atoms with Gasteiger partial charge in [-0.1, -0.05) is 23.7 Å². The molecule has 3 aromatic carbocycles. The van der Waals surface area contributed by atoms with Gasteiger partial charge < -0.3 is 4.74 Å². The molecule has 1 unspecified atom stereocenters. The Balaban J connectivity index is 2.16. The summed E-state index contributed by atoms with van der Waals surface area (Å²) in [5.74, 6) is -0.652. The Hall–Kier alpha value is -2.64. The zero-order chi connectivity index (χ0) is 21.2. The molecule has 0 N–H and O–H groups in total. The average Bonchev–Trinajstić information content (AvgIpc) is 2.71. The minimum Gasteiger partial charge on any atom is -0.497 e. The molecule has 0 saturated carbocycles. The van der Waals surface area contributed by atoms with Gasteiger partial charge in [0.1, 0.15) is 17.4 Å². The van der Waals surface area contributed by atoms with E-state index in [2.05, 4.69) is 0 Å². The lowest BCUT2D eigenvalue weighted by Gasteiger charge is -2.31. The van der Waals surface area contributed by atoms with Gasteiger partial charge in [-0.05, 0) is 67.1 Å². The number of halogens is 3. The van der Waals surface area contributed by atoms with Gasteiger partial charge in [0.2, 0.25) is 0 Å². The van der Waals surface area contributed by atoms with Crippen molar-refractivity contribution in [3.8, 4) is 5.75 Å². The van der Waals surface area contributed by atoms with E-state index in [-0.39, 0.29) is 15.6 Å². The highest BCUT2D eigenvalue weighted by Crippen LogP contribution is 2.35. The maximum absolute atomic E-state index is 13.6. The lowest BCUT2D eigenvalue weighted by molar-refractivity contribution is 0.414. The number of nitrogens with zero attached hydrogens (tertiary/aromatic N) is 1. The first-order valence-electron chi connectivity index (χ1n) is 8.63. The summed E-state index contributed by atoms with van der Waals surface area (Å²) in [4.78, 5) is -0.178. The second kappa shape index (κ2) is 8.39. The van der Waals surface area contributed by atoms with Gasteiger partial charge in [0.05, 0.1) is 28.8 Å². The third-order valence-electron chi connectivity index (χ3n) is 4.46. The van der Waals surface area contributed by atoms with Crippen molar-refractivity contribution in [2.75, 3.05) is 11.4 Å². The van der Waals surface area contributed by atoms with Gasteiger partial charge in [-0.3, -0.25) is 4.31 Å². The Morgan fingerprint density at radius 1 is 1.00 bits per heavy atom. The molecular weight excluding hydrogens is 420 g/mol. The first kappa shape index (κ1) is 21.1. The second-order valence-electron chi connectivity index (χ2n) is 6.31. The van der Waals surface area contributed by atoms with Crippen molar-refractivity contribution in [1.82, 2.24) is 0 Å². The van der Waals surface area contributed by atoms with Crippen molar-refractivity contribution in [3.05, 3.63) is 89.0 Å². The van der Waals surface area contributed by atoms with E-state index in [0.717, 1.165) is 22.5 Å². The summed E-state index contributed by atoms with van der Waals surface area (Å²) in [6.45, 7) is 1.70. The number of ether oxygens (including phenoxy) is 1. The Morgan fingerprint density at radius 3 is 2.31 bits per heavy atom. The fraction of sp³-hybridized carbons (Fsp3) is 0.143. The van der Waals surface area contributed by atoms with Crippen LogP contribution in [-0.4, -0.2) is 15.5 Å². The van der Waals surface area contributed by atoms with E-state index >= 15 is 0 Å². The van der Waals surface area contributed by atoms with Gasteiger partial charge in [0.15, 0.2) is 0 Å². The van der Waals surface area contributed by atoms with Crippen molar-refractivity contribution in [2.45, 2.75) is 17.9 Å². The molecule has 0 heterocycles. The number of sulfonamides is 1. The predicted molar refractivity (Wildman–Crippen MR) is 109 cm³/mol. The largest absolute Gasteiger partial charge is 0.497 e. The zero-order valence-electron chi connectivity index (χ0n) is 15.6. The van der Waals surface area contributed by atoms with Gasteiger partial charge in [0.25, 0.3) is 10.0 Å². The highest BCUT2D eigenvalue weighted by Gasteiger charge is 2.31. The Labute approximate surface area is 173 Å². The van der Waals surface area contributed by atoms with Gasteiger partial charge in [0, 0.05) is 0 Å².